The number of aryl methyl sites for hydroxylation is 1. The molecule has 0 aliphatic carbocycles. The van der Waals surface area contributed by atoms with Crippen molar-refractivity contribution >= 4 is 11.0 Å². The number of para-hydroxylation sites is 2. The molecule has 0 atom stereocenters. The number of aromatic nitrogens is 2. The molecule has 0 aliphatic rings. The number of hydrogen-bond acceptors (Lipinski definition) is 2. The van der Waals surface area contributed by atoms with Crippen molar-refractivity contribution in [2.24, 2.45) is 0 Å². The second-order valence-corrected chi connectivity index (χ2v) is 6.85. The van der Waals surface area contributed by atoms with Crippen LogP contribution in [0.5, 0.6) is 0 Å². The van der Waals surface area contributed by atoms with E-state index in [4.69, 9.17) is 0 Å². The molecule has 1 heterocycles. The van der Waals surface area contributed by atoms with Crippen LogP contribution < -0.4 is 5.56 Å². The van der Waals surface area contributed by atoms with Crippen molar-refractivity contribution in [1.29, 1.82) is 0 Å². The molecule has 146 valence electrons. The molecule has 29 heavy (non-hydrogen) atoms. The summed E-state index contributed by atoms with van der Waals surface area (Å²) in [6.45, 7) is 2.06. The third kappa shape index (κ3) is 3.66. The van der Waals surface area contributed by atoms with Gasteiger partial charge in [0.05, 0.1) is 23.1 Å². The van der Waals surface area contributed by atoms with Gasteiger partial charge in [0.2, 0.25) is 0 Å². The largest absolute Gasteiger partial charge is 0.416 e. The highest BCUT2D eigenvalue weighted by atomic mass is 19.4. The molecule has 0 unspecified atom stereocenters. The molecule has 0 bridgehead atoms. The molecule has 0 fully saturated rings. The Kier molecular flexibility index (Phi) is 4.70. The number of hydrogen-bond donors (Lipinski definition) is 0. The van der Waals surface area contributed by atoms with Gasteiger partial charge in [-0.1, -0.05) is 48.5 Å². The predicted molar refractivity (Wildman–Crippen MR) is 107 cm³/mol. The van der Waals surface area contributed by atoms with E-state index in [-0.39, 0.29) is 12.1 Å². The smallest absolute Gasteiger partial charge is 0.300 e. The van der Waals surface area contributed by atoms with Crippen molar-refractivity contribution in [3.63, 3.8) is 0 Å². The Morgan fingerprint density at radius 2 is 1.55 bits per heavy atom. The molecule has 4 aromatic rings. The molecular weight excluding hydrogens is 377 g/mol. The van der Waals surface area contributed by atoms with Crippen LogP contribution >= 0.6 is 0 Å². The Hall–Kier alpha value is -3.41. The van der Waals surface area contributed by atoms with Crippen LogP contribution in [0.3, 0.4) is 0 Å². The Morgan fingerprint density at radius 1 is 0.897 bits per heavy atom. The van der Waals surface area contributed by atoms with Crippen LogP contribution in [0.2, 0.25) is 0 Å². The summed E-state index contributed by atoms with van der Waals surface area (Å²) in [5, 5.41) is 0. The Morgan fingerprint density at radius 3 is 2.24 bits per heavy atom. The van der Waals surface area contributed by atoms with E-state index in [0.717, 1.165) is 23.3 Å². The monoisotopic (exact) mass is 394 g/mol. The highest BCUT2D eigenvalue weighted by molar-refractivity contribution is 5.78. The van der Waals surface area contributed by atoms with Crippen molar-refractivity contribution in [1.82, 2.24) is 9.55 Å². The van der Waals surface area contributed by atoms with E-state index in [1.54, 1.807) is 16.7 Å². The summed E-state index contributed by atoms with van der Waals surface area (Å²) in [5.74, 6) is 0. The summed E-state index contributed by atoms with van der Waals surface area (Å²) in [6, 6.07) is 19.6. The first-order chi connectivity index (χ1) is 13.8. The Bertz CT molecular complexity index is 1240. The van der Waals surface area contributed by atoms with Crippen molar-refractivity contribution in [3.05, 3.63) is 99.8 Å². The number of rotatable bonds is 3. The van der Waals surface area contributed by atoms with E-state index in [9.17, 15) is 18.0 Å². The van der Waals surface area contributed by atoms with Gasteiger partial charge in [-0.05, 0) is 42.3 Å². The highest BCUT2D eigenvalue weighted by Gasteiger charge is 2.30. The van der Waals surface area contributed by atoms with Gasteiger partial charge in [0.15, 0.2) is 0 Å². The molecule has 0 N–H and O–H groups in total. The topological polar surface area (TPSA) is 34.9 Å². The summed E-state index contributed by atoms with van der Waals surface area (Å²) >= 11 is 0. The van der Waals surface area contributed by atoms with E-state index >= 15 is 0 Å². The zero-order valence-electron chi connectivity index (χ0n) is 15.6. The summed E-state index contributed by atoms with van der Waals surface area (Å²) < 4.78 is 40.1. The quantitative estimate of drug-likeness (QED) is 0.464. The number of benzene rings is 3. The molecule has 0 spiro atoms. The van der Waals surface area contributed by atoms with E-state index in [1.165, 1.54) is 12.1 Å². The second kappa shape index (κ2) is 7.20. The fourth-order valence-electron chi connectivity index (χ4n) is 3.35. The van der Waals surface area contributed by atoms with Gasteiger partial charge in [-0.3, -0.25) is 4.79 Å². The van der Waals surface area contributed by atoms with Crippen molar-refractivity contribution in [3.8, 4) is 11.3 Å². The predicted octanol–water partition coefficient (Wildman–Crippen LogP) is 5.44. The SMILES string of the molecule is Cc1ccccc1-c1nc2ccccc2n(Cc2ccc(C(F)(F)F)cc2)c1=O. The minimum absolute atomic E-state index is 0.152. The first-order valence-corrected chi connectivity index (χ1v) is 9.06. The van der Waals surface area contributed by atoms with Gasteiger partial charge in [-0.15, -0.1) is 0 Å². The lowest BCUT2D eigenvalue weighted by Crippen LogP contribution is -2.24. The highest BCUT2D eigenvalue weighted by Crippen LogP contribution is 2.29. The minimum Gasteiger partial charge on any atom is -0.300 e. The molecule has 0 amide bonds. The van der Waals surface area contributed by atoms with E-state index in [2.05, 4.69) is 4.98 Å². The normalized spacial score (nSPS) is 11.7. The first kappa shape index (κ1) is 18.9. The van der Waals surface area contributed by atoms with Crippen LogP contribution in [0.15, 0.2) is 77.6 Å². The first-order valence-electron chi connectivity index (χ1n) is 9.06. The van der Waals surface area contributed by atoms with Gasteiger partial charge in [-0.25, -0.2) is 4.98 Å². The number of nitrogens with zero attached hydrogens (tertiary/aromatic N) is 2. The van der Waals surface area contributed by atoms with Crippen LogP contribution in [0.1, 0.15) is 16.7 Å². The summed E-state index contributed by atoms with van der Waals surface area (Å²) in [5.41, 5.74) is 2.89. The average molecular weight is 394 g/mol. The van der Waals surface area contributed by atoms with Gasteiger partial charge in [0.25, 0.3) is 5.56 Å². The molecule has 0 aliphatic heterocycles. The molecular formula is C23H17F3N2O. The second-order valence-electron chi connectivity index (χ2n) is 6.85. The third-order valence-corrected chi connectivity index (χ3v) is 4.87. The molecule has 0 radical (unpaired) electrons. The van der Waals surface area contributed by atoms with Crippen LogP contribution in [0.25, 0.3) is 22.3 Å². The maximum Gasteiger partial charge on any atom is 0.416 e. The summed E-state index contributed by atoms with van der Waals surface area (Å²) in [6.07, 6.45) is -4.39. The molecule has 6 heteroatoms. The Labute approximate surface area is 165 Å². The molecule has 3 nitrogen and oxygen atoms in total. The summed E-state index contributed by atoms with van der Waals surface area (Å²) in [7, 11) is 0. The van der Waals surface area contributed by atoms with Gasteiger partial charge >= 0.3 is 6.18 Å². The van der Waals surface area contributed by atoms with Crippen LogP contribution in [-0.2, 0) is 12.7 Å². The molecule has 1 aromatic heterocycles. The van der Waals surface area contributed by atoms with Gasteiger partial charge in [0, 0.05) is 5.56 Å². The van der Waals surface area contributed by atoms with Crippen LogP contribution in [0, 0.1) is 6.92 Å². The van der Waals surface area contributed by atoms with Crippen molar-refractivity contribution in [2.45, 2.75) is 19.6 Å². The lowest BCUT2D eigenvalue weighted by molar-refractivity contribution is -0.137. The van der Waals surface area contributed by atoms with Crippen LogP contribution in [-0.4, -0.2) is 9.55 Å². The van der Waals surface area contributed by atoms with Gasteiger partial charge < -0.3 is 4.57 Å². The number of halogens is 3. The van der Waals surface area contributed by atoms with E-state index in [1.807, 2.05) is 43.3 Å². The maximum absolute atomic E-state index is 13.3. The standard InChI is InChI=1S/C23H17F3N2O/c1-15-6-2-3-7-18(15)21-22(29)28(20-9-5-4-8-19(20)27-21)14-16-10-12-17(13-11-16)23(24,25)26/h2-13H,14H2,1H3. The fraction of sp³-hybridized carbons (Fsp3) is 0.130. The lowest BCUT2D eigenvalue weighted by Gasteiger charge is -2.14. The molecule has 0 saturated heterocycles. The van der Waals surface area contributed by atoms with E-state index in [0.29, 0.717) is 22.3 Å². The lowest BCUT2D eigenvalue weighted by atomic mass is 10.1. The van der Waals surface area contributed by atoms with Gasteiger partial charge in [0.1, 0.15) is 5.69 Å². The Balaban J connectivity index is 1.86. The zero-order valence-corrected chi connectivity index (χ0v) is 15.6. The van der Waals surface area contributed by atoms with Crippen LogP contribution in [0.4, 0.5) is 13.2 Å². The van der Waals surface area contributed by atoms with Gasteiger partial charge in [-0.2, -0.15) is 13.2 Å². The maximum atomic E-state index is 13.3. The third-order valence-electron chi connectivity index (χ3n) is 4.87. The molecule has 0 saturated carbocycles. The van der Waals surface area contributed by atoms with Crippen molar-refractivity contribution < 1.29 is 13.2 Å². The fourth-order valence-corrected chi connectivity index (χ4v) is 3.35. The summed E-state index contributed by atoms with van der Waals surface area (Å²) in [4.78, 5) is 17.9. The molecule has 4 rings (SSSR count). The minimum atomic E-state index is -4.39. The zero-order chi connectivity index (χ0) is 20.6. The van der Waals surface area contributed by atoms with Crippen molar-refractivity contribution in [2.75, 3.05) is 0 Å². The number of alkyl halides is 3. The van der Waals surface area contributed by atoms with E-state index < -0.39 is 11.7 Å². The number of fused-ring (bicyclic) bond motifs is 1. The molecule has 3 aromatic carbocycles. The average Bonchev–Trinajstić information content (AvgIpc) is 2.70.